The largest absolute Gasteiger partial charge is 0.477 e. The van der Waals surface area contributed by atoms with Crippen LogP contribution in [0.3, 0.4) is 0 Å². The molecule has 3 nitrogen and oxygen atoms in total. The highest BCUT2D eigenvalue weighted by Crippen LogP contribution is 2.31. The van der Waals surface area contributed by atoms with Crippen LogP contribution >= 0.6 is 22.9 Å². The van der Waals surface area contributed by atoms with Gasteiger partial charge in [0.15, 0.2) is 0 Å². The first-order valence-electron chi connectivity index (χ1n) is 3.93. The molecule has 0 spiro atoms. The Morgan fingerprint density at radius 3 is 2.93 bits per heavy atom. The molecule has 2 aromatic rings. The number of aryl methyl sites for hydroxylation is 1. The Morgan fingerprint density at radius 1 is 1.57 bits per heavy atom. The molecule has 1 N–H and O–H groups in total. The molecule has 0 aromatic carbocycles. The number of nitrogens with zero attached hydrogens (tertiary/aromatic N) is 1. The Morgan fingerprint density at radius 2 is 2.36 bits per heavy atom. The van der Waals surface area contributed by atoms with E-state index in [4.69, 9.17) is 5.11 Å². The number of carboxylic acid groups (broad SMARTS) is 1. The number of rotatable bonds is 2. The van der Waals surface area contributed by atoms with Gasteiger partial charge in [0.2, 0.25) is 0 Å². The van der Waals surface area contributed by atoms with Gasteiger partial charge in [0.25, 0.3) is 0 Å². The van der Waals surface area contributed by atoms with Crippen LogP contribution in [0.4, 0.5) is 0 Å². The summed E-state index contributed by atoms with van der Waals surface area (Å²) in [6, 6.07) is 3.72. The van der Waals surface area contributed by atoms with E-state index in [1.165, 1.54) is 22.9 Å². The van der Waals surface area contributed by atoms with Gasteiger partial charge in [-0.25, -0.2) is 4.79 Å². The molecule has 5 heteroatoms. The number of aromatic nitrogens is 1. The molecule has 0 bridgehead atoms. The molecule has 0 atom stereocenters. The van der Waals surface area contributed by atoms with Gasteiger partial charge in [-0.1, -0.05) is 0 Å². The number of carboxylic acids is 1. The van der Waals surface area contributed by atoms with Crippen molar-refractivity contribution in [1.82, 2.24) is 4.37 Å². The Hall–Kier alpha value is -1.20. The molecule has 2 aromatic heterocycles. The lowest BCUT2D eigenvalue weighted by Crippen LogP contribution is -1.93. The first-order valence-corrected chi connectivity index (χ1v) is 5.58. The standard InChI is InChI=1S/C9H7NO2S2/c1-5-4-7(14-10-5)6-2-3-13-8(6)9(11)12/h2-4H,1H3,(H,11,12). The first-order chi connectivity index (χ1) is 6.68. The van der Waals surface area contributed by atoms with E-state index in [0.29, 0.717) is 4.88 Å². The lowest BCUT2D eigenvalue weighted by atomic mass is 10.2. The summed E-state index contributed by atoms with van der Waals surface area (Å²) in [6.07, 6.45) is 0. The van der Waals surface area contributed by atoms with Gasteiger partial charge >= 0.3 is 5.97 Å². The van der Waals surface area contributed by atoms with Crippen LogP contribution in [0, 0.1) is 6.92 Å². The van der Waals surface area contributed by atoms with Crippen LogP contribution in [-0.4, -0.2) is 15.4 Å². The van der Waals surface area contributed by atoms with Crippen LogP contribution in [0.2, 0.25) is 0 Å². The molecule has 2 heterocycles. The highest BCUT2D eigenvalue weighted by molar-refractivity contribution is 7.14. The van der Waals surface area contributed by atoms with Gasteiger partial charge in [-0.15, -0.1) is 11.3 Å². The van der Waals surface area contributed by atoms with E-state index in [0.717, 1.165) is 16.1 Å². The third-order valence-corrected chi connectivity index (χ3v) is 3.57. The quantitative estimate of drug-likeness (QED) is 0.855. The lowest BCUT2D eigenvalue weighted by Gasteiger charge is -1.93. The fourth-order valence-electron chi connectivity index (χ4n) is 1.16. The summed E-state index contributed by atoms with van der Waals surface area (Å²) < 4.78 is 4.13. The van der Waals surface area contributed by atoms with Crippen LogP contribution in [0.15, 0.2) is 17.5 Å². The van der Waals surface area contributed by atoms with Gasteiger partial charge in [0.1, 0.15) is 4.88 Å². The van der Waals surface area contributed by atoms with E-state index in [1.54, 1.807) is 5.38 Å². The van der Waals surface area contributed by atoms with E-state index in [-0.39, 0.29) is 0 Å². The monoisotopic (exact) mass is 225 g/mol. The molecular formula is C9H7NO2S2. The van der Waals surface area contributed by atoms with E-state index < -0.39 is 5.97 Å². The average Bonchev–Trinajstić information content (AvgIpc) is 2.70. The highest BCUT2D eigenvalue weighted by Gasteiger charge is 2.14. The zero-order valence-electron chi connectivity index (χ0n) is 7.35. The van der Waals surface area contributed by atoms with E-state index in [9.17, 15) is 4.79 Å². The van der Waals surface area contributed by atoms with Crippen LogP contribution in [0.5, 0.6) is 0 Å². The van der Waals surface area contributed by atoms with Crippen molar-refractivity contribution in [3.05, 3.63) is 28.1 Å². The second-order valence-electron chi connectivity index (χ2n) is 2.80. The molecule has 0 aliphatic carbocycles. The fourth-order valence-corrected chi connectivity index (χ4v) is 2.76. The Balaban J connectivity index is 2.51. The van der Waals surface area contributed by atoms with E-state index in [1.807, 2.05) is 19.1 Å². The third-order valence-electron chi connectivity index (χ3n) is 1.75. The second kappa shape index (κ2) is 3.51. The zero-order chi connectivity index (χ0) is 10.1. The third kappa shape index (κ3) is 1.56. The van der Waals surface area contributed by atoms with Crippen LogP contribution < -0.4 is 0 Å². The maximum absolute atomic E-state index is 10.9. The van der Waals surface area contributed by atoms with Crippen molar-refractivity contribution in [2.45, 2.75) is 6.92 Å². The molecule has 14 heavy (non-hydrogen) atoms. The molecule has 2 rings (SSSR count). The van der Waals surface area contributed by atoms with Crippen molar-refractivity contribution >= 4 is 28.8 Å². The van der Waals surface area contributed by atoms with Crippen LogP contribution in [0.1, 0.15) is 15.4 Å². The molecule has 0 aliphatic rings. The summed E-state index contributed by atoms with van der Waals surface area (Å²) in [5, 5.41) is 10.7. The molecule has 0 saturated heterocycles. The molecule has 0 fully saturated rings. The minimum absolute atomic E-state index is 0.383. The molecule has 0 aliphatic heterocycles. The maximum atomic E-state index is 10.9. The Labute approximate surface area is 88.8 Å². The predicted octanol–water partition coefficient (Wildman–Crippen LogP) is 2.88. The highest BCUT2D eigenvalue weighted by atomic mass is 32.1. The molecule has 0 amide bonds. The Kier molecular flexibility index (Phi) is 2.35. The van der Waals surface area contributed by atoms with Crippen molar-refractivity contribution in [3.8, 4) is 10.4 Å². The minimum atomic E-state index is -0.874. The molecule has 0 saturated carbocycles. The minimum Gasteiger partial charge on any atom is -0.477 e. The summed E-state index contributed by atoms with van der Waals surface area (Å²) in [4.78, 5) is 12.2. The SMILES string of the molecule is Cc1cc(-c2ccsc2C(=O)O)sn1. The van der Waals surface area contributed by atoms with Crippen molar-refractivity contribution < 1.29 is 9.90 Å². The number of aromatic carboxylic acids is 1. The molecule has 72 valence electrons. The van der Waals surface area contributed by atoms with Gasteiger partial charge in [-0.3, -0.25) is 0 Å². The van der Waals surface area contributed by atoms with Crippen molar-refractivity contribution in [1.29, 1.82) is 0 Å². The van der Waals surface area contributed by atoms with Crippen LogP contribution in [-0.2, 0) is 0 Å². The first kappa shape index (κ1) is 9.36. The lowest BCUT2D eigenvalue weighted by molar-refractivity contribution is 0.0703. The molecule has 0 unspecified atom stereocenters. The van der Waals surface area contributed by atoms with Crippen molar-refractivity contribution in [2.24, 2.45) is 0 Å². The van der Waals surface area contributed by atoms with E-state index in [2.05, 4.69) is 4.37 Å². The van der Waals surface area contributed by atoms with Gasteiger partial charge in [-0.05, 0) is 36.0 Å². The summed E-state index contributed by atoms with van der Waals surface area (Å²) in [5.41, 5.74) is 1.70. The predicted molar refractivity (Wildman–Crippen MR) is 57.1 cm³/mol. The van der Waals surface area contributed by atoms with Crippen molar-refractivity contribution in [2.75, 3.05) is 0 Å². The molecule has 0 radical (unpaired) electrons. The van der Waals surface area contributed by atoms with Gasteiger partial charge in [0, 0.05) is 5.56 Å². The number of thiophene rings is 1. The Bertz CT molecular complexity index is 473. The maximum Gasteiger partial charge on any atom is 0.346 e. The smallest absolute Gasteiger partial charge is 0.346 e. The summed E-state index contributed by atoms with van der Waals surface area (Å²) in [7, 11) is 0. The van der Waals surface area contributed by atoms with Gasteiger partial charge in [0.05, 0.1) is 10.6 Å². The number of hydrogen-bond donors (Lipinski definition) is 1. The second-order valence-corrected chi connectivity index (χ2v) is 4.52. The summed E-state index contributed by atoms with van der Waals surface area (Å²) >= 11 is 2.57. The zero-order valence-corrected chi connectivity index (χ0v) is 8.98. The van der Waals surface area contributed by atoms with E-state index >= 15 is 0 Å². The average molecular weight is 225 g/mol. The van der Waals surface area contributed by atoms with Gasteiger partial charge < -0.3 is 5.11 Å². The number of hydrogen-bond acceptors (Lipinski definition) is 4. The van der Waals surface area contributed by atoms with Crippen molar-refractivity contribution in [3.63, 3.8) is 0 Å². The number of carbonyl (C=O) groups is 1. The topological polar surface area (TPSA) is 50.2 Å². The van der Waals surface area contributed by atoms with Gasteiger partial charge in [-0.2, -0.15) is 4.37 Å². The normalized spacial score (nSPS) is 10.4. The summed E-state index contributed by atoms with van der Waals surface area (Å²) in [5.74, 6) is -0.874. The summed E-state index contributed by atoms with van der Waals surface area (Å²) in [6.45, 7) is 1.90. The fraction of sp³-hybridized carbons (Fsp3) is 0.111. The van der Waals surface area contributed by atoms with Crippen LogP contribution in [0.25, 0.3) is 10.4 Å². The molecular weight excluding hydrogens is 218 g/mol.